The van der Waals surface area contributed by atoms with Gasteiger partial charge in [-0.05, 0) is 37.3 Å². The van der Waals surface area contributed by atoms with Crippen LogP contribution in [0.5, 0.6) is 0 Å². The number of benzene rings is 2. The molecule has 0 unspecified atom stereocenters. The molecule has 0 spiro atoms. The number of carbonyl (C=O) groups excluding carboxylic acids is 1. The molecule has 3 nitrogen and oxygen atoms in total. The number of nitrogens with zero attached hydrogens (tertiary/aromatic N) is 2. The average molecular weight is 361 g/mol. The van der Waals surface area contributed by atoms with Crippen molar-refractivity contribution in [2.75, 3.05) is 0 Å². The first-order valence-corrected chi connectivity index (χ1v) is 8.23. The highest BCUT2D eigenvalue weighted by Crippen LogP contribution is 2.22. The van der Waals surface area contributed by atoms with Crippen molar-refractivity contribution in [3.8, 4) is 0 Å². The van der Waals surface area contributed by atoms with Gasteiger partial charge in [-0.15, -0.1) is 0 Å². The number of halogens is 1. The third-order valence-corrected chi connectivity index (χ3v) is 4.71. The summed E-state index contributed by atoms with van der Waals surface area (Å²) in [6, 6.07) is 15.3. The molecule has 5 heteroatoms. The third kappa shape index (κ3) is 2.84. The van der Waals surface area contributed by atoms with E-state index in [9.17, 15) is 4.79 Å². The number of aromatic nitrogens is 1. The van der Waals surface area contributed by atoms with Gasteiger partial charge < -0.3 is 4.57 Å². The monoisotopic (exact) mass is 360 g/mol. The lowest BCUT2D eigenvalue weighted by Gasteiger charge is -2.00. The summed E-state index contributed by atoms with van der Waals surface area (Å²) in [5.74, 6) is -0.205. The van der Waals surface area contributed by atoms with Crippen molar-refractivity contribution in [3.05, 3.63) is 63.4 Å². The van der Waals surface area contributed by atoms with E-state index in [0.29, 0.717) is 5.56 Å². The van der Waals surface area contributed by atoms with E-state index in [2.05, 4.69) is 38.5 Å². The molecule has 0 atom stereocenters. The first-order valence-electron chi connectivity index (χ1n) is 6.62. The Morgan fingerprint density at radius 3 is 2.71 bits per heavy atom. The van der Waals surface area contributed by atoms with E-state index in [1.165, 1.54) is 11.3 Å². The SMILES string of the molecule is CCn1c(=NC(=O)c2ccccc2)sc2cc(Br)ccc21. The van der Waals surface area contributed by atoms with Crippen LogP contribution in [0.2, 0.25) is 0 Å². The zero-order chi connectivity index (χ0) is 14.8. The number of rotatable bonds is 2. The van der Waals surface area contributed by atoms with E-state index in [0.717, 1.165) is 26.0 Å². The molecular formula is C16H13BrN2OS. The van der Waals surface area contributed by atoms with Crippen LogP contribution in [0.4, 0.5) is 0 Å². The predicted octanol–water partition coefficient (Wildman–Crippen LogP) is 4.23. The molecule has 0 aliphatic carbocycles. The lowest BCUT2D eigenvalue weighted by molar-refractivity contribution is 0.0998. The van der Waals surface area contributed by atoms with Crippen LogP contribution in [0.15, 0.2) is 58.0 Å². The van der Waals surface area contributed by atoms with Crippen molar-refractivity contribution in [2.24, 2.45) is 4.99 Å². The minimum atomic E-state index is -0.205. The Balaban J connectivity index is 2.15. The molecule has 0 bridgehead atoms. The van der Waals surface area contributed by atoms with Crippen LogP contribution >= 0.6 is 27.3 Å². The first kappa shape index (κ1) is 14.2. The van der Waals surface area contributed by atoms with Crippen molar-refractivity contribution >= 4 is 43.4 Å². The maximum atomic E-state index is 12.2. The van der Waals surface area contributed by atoms with Crippen LogP contribution in [-0.4, -0.2) is 10.5 Å². The quantitative estimate of drug-likeness (QED) is 0.673. The standard InChI is InChI=1S/C16H13BrN2OS/c1-2-19-13-9-8-12(17)10-14(13)21-16(19)18-15(20)11-6-4-3-5-7-11/h3-10H,2H2,1H3. The minimum Gasteiger partial charge on any atom is -0.317 e. The van der Waals surface area contributed by atoms with Gasteiger partial charge in [0, 0.05) is 16.6 Å². The Morgan fingerprint density at radius 2 is 2.00 bits per heavy atom. The zero-order valence-corrected chi connectivity index (χ0v) is 13.8. The average Bonchev–Trinajstić information content (AvgIpc) is 2.84. The maximum absolute atomic E-state index is 12.2. The maximum Gasteiger partial charge on any atom is 0.279 e. The number of hydrogen-bond acceptors (Lipinski definition) is 2. The number of hydrogen-bond donors (Lipinski definition) is 0. The van der Waals surface area contributed by atoms with Gasteiger partial charge in [0.25, 0.3) is 5.91 Å². The van der Waals surface area contributed by atoms with Gasteiger partial charge in [0.1, 0.15) is 0 Å². The Bertz CT molecular complexity index is 865. The van der Waals surface area contributed by atoms with Gasteiger partial charge in [-0.2, -0.15) is 4.99 Å². The molecule has 106 valence electrons. The Hall–Kier alpha value is -1.72. The molecule has 3 aromatic rings. The van der Waals surface area contributed by atoms with Crippen molar-refractivity contribution in [1.29, 1.82) is 0 Å². The summed E-state index contributed by atoms with van der Waals surface area (Å²) < 4.78 is 4.21. The van der Waals surface area contributed by atoms with Crippen LogP contribution in [0.3, 0.4) is 0 Å². The molecular weight excluding hydrogens is 348 g/mol. The molecule has 0 saturated carbocycles. The molecule has 21 heavy (non-hydrogen) atoms. The van der Waals surface area contributed by atoms with E-state index in [1.54, 1.807) is 12.1 Å². The zero-order valence-electron chi connectivity index (χ0n) is 11.4. The molecule has 0 radical (unpaired) electrons. The Morgan fingerprint density at radius 1 is 1.24 bits per heavy atom. The lowest BCUT2D eigenvalue weighted by Crippen LogP contribution is -2.15. The van der Waals surface area contributed by atoms with Gasteiger partial charge in [-0.25, -0.2) is 0 Å². The number of amides is 1. The van der Waals surface area contributed by atoms with Gasteiger partial charge in [0.15, 0.2) is 4.80 Å². The number of aryl methyl sites for hydroxylation is 1. The topological polar surface area (TPSA) is 34.4 Å². The third-order valence-electron chi connectivity index (χ3n) is 3.18. The largest absolute Gasteiger partial charge is 0.317 e. The van der Waals surface area contributed by atoms with Gasteiger partial charge in [0.2, 0.25) is 0 Å². The molecule has 1 heterocycles. The summed E-state index contributed by atoms with van der Waals surface area (Å²) in [4.78, 5) is 17.3. The van der Waals surface area contributed by atoms with Crippen molar-refractivity contribution < 1.29 is 4.79 Å². The van der Waals surface area contributed by atoms with E-state index in [4.69, 9.17) is 0 Å². The van der Waals surface area contributed by atoms with Crippen molar-refractivity contribution in [3.63, 3.8) is 0 Å². The highest BCUT2D eigenvalue weighted by molar-refractivity contribution is 9.10. The van der Waals surface area contributed by atoms with Gasteiger partial charge in [0.05, 0.1) is 10.2 Å². The summed E-state index contributed by atoms with van der Waals surface area (Å²) in [6.45, 7) is 2.84. The molecule has 0 fully saturated rings. The van der Waals surface area contributed by atoms with Crippen LogP contribution in [-0.2, 0) is 6.54 Å². The molecule has 2 aromatic carbocycles. The van der Waals surface area contributed by atoms with Crippen molar-refractivity contribution in [1.82, 2.24) is 4.57 Å². The number of thiazole rings is 1. The van der Waals surface area contributed by atoms with Crippen molar-refractivity contribution in [2.45, 2.75) is 13.5 Å². The van der Waals surface area contributed by atoms with Crippen LogP contribution in [0.1, 0.15) is 17.3 Å². The Labute approximate surface area is 134 Å². The van der Waals surface area contributed by atoms with E-state index in [-0.39, 0.29) is 5.91 Å². The molecule has 0 N–H and O–H groups in total. The minimum absolute atomic E-state index is 0.205. The summed E-state index contributed by atoms with van der Waals surface area (Å²) in [7, 11) is 0. The molecule has 3 rings (SSSR count). The fraction of sp³-hybridized carbons (Fsp3) is 0.125. The summed E-state index contributed by atoms with van der Waals surface area (Å²) in [5.41, 5.74) is 1.71. The van der Waals surface area contributed by atoms with E-state index in [1.807, 2.05) is 30.3 Å². The van der Waals surface area contributed by atoms with E-state index >= 15 is 0 Å². The molecule has 0 aliphatic rings. The fourth-order valence-corrected chi connectivity index (χ4v) is 3.81. The molecule has 0 saturated heterocycles. The van der Waals surface area contributed by atoms with Gasteiger partial charge in [-0.1, -0.05) is 45.5 Å². The second-order valence-electron chi connectivity index (χ2n) is 4.52. The Kier molecular flexibility index (Phi) is 4.03. The second-order valence-corrected chi connectivity index (χ2v) is 6.45. The highest BCUT2D eigenvalue weighted by atomic mass is 79.9. The second kappa shape index (κ2) is 5.95. The van der Waals surface area contributed by atoms with Gasteiger partial charge in [-0.3, -0.25) is 4.79 Å². The number of fused-ring (bicyclic) bond motifs is 1. The fourth-order valence-electron chi connectivity index (χ4n) is 2.17. The number of carbonyl (C=O) groups is 1. The summed E-state index contributed by atoms with van der Waals surface area (Å²) >= 11 is 5.01. The summed E-state index contributed by atoms with van der Waals surface area (Å²) in [6.07, 6.45) is 0. The van der Waals surface area contributed by atoms with E-state index < -0.39 is 0 Å². The molecule has 1 aromatic heterocycles. The molecule has 1 amide bonds. The predicted molar refractivity (Wildman–Crippen MR) is 89.5 cm³/mol. The normalized spacial score (nSPS) is 12.0. The first-order chi connectivity index (χ1) is 10.2. The smallest absolute Gasteiger partial charge is 0.279 e. The molecule has 0 aliphatic heterocycles. The van der Waals surface area contributed by atoms with Crippen LogP contribution in [0.25, 0.3) is 10.2 Å². The van der Waals surface area contributed by atoms with Gasteiger partial charge >= 0.3 is 0 Å². The van der Waals surface area contributed by atoms with Crippen LogP contribution in [0, 0.1) is 0 Å². The lowest BCUT2D eigenvalue weighted by atomic mass is 10.2. The van der Waals surface area contributed by atoms with Crippen LogP contribution < -0.4 is 4.80 Å². The summed E-state index contributed by atoms with van der Waals surface area (Å²) in [5, 5.41) is 0. The highest BCUT2D eigenvalue weighted by Gasteiger charge is 2.08.